The Morgan fingerprint density at radius 1 is 0.500 bits per heavy atom. The molecule has 2 aliphatic rings. The first kappa shape index (κ1) is 18.0. The van der Waals surface area contributed by atoms with Gasteiger partial charge in [0.25, 0.3) is 0 Å². The number of aromatic nitrogens is 8. The molecule has 0 aliphatic carbocycles. The molecule has 0 unspecified atom stereocenters. The van der Waals surface area contributed by atoms with Crippen LogP contribution in [0.5, 0.6) is 0 Å². The summed E-state index contributed by atoms with van der Waals surface area (Å²) >= 11 is 0. The van der Waals surface area contributed by atoms with Gasteiger partial charge in [0.15, 0.2) is 12.7 Å². The summed E-state index contributed by atoms with van der Waals surface area (Å²) in [5, 5.41) is 37.2. The standard InChI is InChI=1S/2C4H10N2.2CH2N4/c2*1-2-6-4-3-5-1;2*1-2-4-5-3-1/h2*5-6H,1-4H2;2*1H,(H,2,3,4,5). The highest BCUT2D eigenvalue weighted by atomic mass is 15.5. The van der Waals surface area contributed by atoms with Gasteiger partial charge in [-0.3, -0.25) is 0 Å². The van der Waals surface area contributed by atoms with Crippen molar-refractivity contribution in [1.82, 2.24) is 62.5 Å². The number of nitrogens with zero attached hydrogens (tertiary/aromatic N) is 6. The predicted molar refractivity (Wildman–Crippen MR) is 79.8 cm³/mol. The van der Waals surface area contributed by atoms with Crippen LogP contribution in [0.2, 0.25) is 0 Å². The molecule has 0 aromatic carbocycles. The van der Waals surface area contributed by atoms with Gasteiger partial charge in [-0.1, -0.05) is 10.4 Å². The molecule has 124 valence electrons. The Morgan fingerprint density at radius 2 is 0.818 bits per heavy atom. The maximum Gasteiger partial charge on any atom is 0.161 e. The molecule has 0 bridgehead atoms. The van der Waals surface area contributed by atoms with Crippen LogP contribution < -0.4 is 21.3 Å². The molecule has 2 saturated heterocycles. The monoisotopic (exact) mass is 312 g/mol. The fourth-order valence-corrected chi connectivity index (χ4v) is 1.47. The average molecular weight is 312 g/mol. The Bertz CT molecular complexity index is 273. The molecule has 12 nitrogen and oxygen atoms in total. The first-order chi connectivity index (χ1) is 11.0. The molecular weight excluding hydrogens is 288 g/mol. The van der Waals surface area contributed by atoms with Gasteiger partial charge in [-0.15, -0.1) is 20.4 Å². The van der Waals surface area contributed by atoms with E-state index < -0.39 is 0 Å². The van der Waals surface area contributed by atoms with Crippen LogP contribution in [0, 0.1) is 0 Å². The van der Waals surface area contributed by atoms with Crippen LogP contribution in [0.3, 0.4) is 0 Å². The van der Waals surface area contributed by atoms with E-state index in [-0.39, 0.29) is 0 Å². The van der Waals surface area contributed by atoms with Gasteiger partial charge in [-0.05, 0) is 0 Å². The summed E-state index contributed by atoms with van der Waals surface area (Å²) < 4.78 is 0. The topological polar surface area (TPSA) is 157 Å². The molecule has 0 amide bonds. The van der Waals surface area contributed by atoms with Gasteiger partial charge >= 0.3 is 0 Å². The third-order valence-electron chi connectivity index (χ3n) is 2.45. The molecule has 4 heterocycles. The van der Waals surface area contributed by atoms with E-state index in [1.54, 1.807) is 0 Å². The number of rotatable bonds is 0. The molecule has 6 N–H and O–H groups in total. The van der Waals surface area contributed by atoms with Crippen LogP contribution in [0.4, 0.5) is 0 Å². The van der Waals surface area contributed by atoms with Crippen molar-refractivity contribution in [2.45, 2.75) is 0 Å². The van der Waals surface area contributed by atoms with Crippen LogP contribution in [-0.4, -0.2) is 93.6 Å². The van der Waals surface area contributed by atoms with Crippen LogP contribution in [0.1, 0.15) is 0 Å². The van der Waals surface area contributed by atoms with E-state index in [2.05, 4.69) is 62.5 Å². The van der Waals surface area contributed by atoms with Crippen molar-refractivity contribution in [3.05, 3.63) is 12.7 Å². The van der Waals surface area contributed by atoms with E-state index in [4.69, 9.17) is 0 Å². The lowest BCUT2D eigenvalue weighted by Crippen LogP contribution is -2.39. The molecule has 0 atom stereocenters. The van der Waals surface area contributed by atoms with Crippen LogP contribution >= 0.6 is 0 Å². The summed E-state index contributed by atoms with van der Waals surface area (Å²) in [7, 11) is 0. The van der Waals surface area contributed by atoms with Crippen LogP contribution in [0.15, 0.2) is 12.7 Å². The zero-order chi connectivity index (χ0) is 15.6. The van der Waals surface area contributed by atoms with Gasteiger partial charge in [0, 0.05) is 52.4 Å². The van der Waals surface area contributed by atoms with Crippen LogP contribution in [-0.2, 0) is 0 Å². The number of tetrazole rings is 2. The third kappa shape index (κ3) is 13.0. The van der Waals surface area contributed by atoms with E-state index in [1.807, 2.05) is 0 Å². The van der Waals surface area contributed by atoms with E-state index in [0.717, 1.165) is 52.4 Å². The Labute approximate surface area is 128 Å². The Hall–Kier alpha value is -2.02. The first-order valence-corrected chi connectivity index (χ1v) is 7.16. The molecule has 0 saturated carbocycles. The van der Waals surface area contributed by atoms with Crippen molar-refractivity contribution < 1.29 is 0 Å². The Kier molecular flexibility index (Phi) is 12.6. The second-order valence-electron chi connectivity index (χ2n) is 4.12. The largest absolute Gasteiger partial charge is 0.314 e. The molecule has 0 spiro atoms. The minimum Gasteiger partial charge on any atom is -0.314 e. The number of hydrogen-bond donors (Lipinski definition) is 6. The normalized spacial score (nSPS) is 16.7. The first-order valence-electron chi connectivity index (χ1n) is 7.16. The zero-order valence-electron chi connectivity index (χ0n) is 12.5. The van der Waals surface area contributed by atoms with Gasteiger partial charge in [-0.2, -0.15) is 10.4 Å². The highest BCUT2D eigenvalue weighted by Crippen LogP contribution is 1.66. The molecule has 2 fully saturated rings. The van der Waals surface area contributed by atoms with Crippen molar-refractivity contribution in [2.24, 2.45) is 0 Å². The maximum absolute atomic E-state index is 3.38. The molecule has 2 aromatic rings. The molecule has 2 aliphatic heterocycles. The van der Waals surface area contributed by atoms with Crippen molar-refractivity contribution in [1.29, 1.82) is 0 Å². The second kappa shape index (κ2) is 15.4. The molecule has 2 aromatic heterocycles. The third-order valence-corrected chi connectivity index (χ3v) is 2.45. The van der Waals surface area contributed by atoms with Crippen molar-refractivity contribution in [3.63, 3.8) is 0 Å². The maximum atomic E-state index is 3.38. The predicted octanol–water partition coefficient (Wildman–Crippen LogP) is -3.24. The molecule has 0 radical (unpaired) electrons. The quantitative estimate of drug-likeness (QED) is 0.292. The fraction of sp³-hybridized carbons (Fsp3) is 0.800. The SMILES string of the molecule is C1CNCCN1.C1CNCCN1.c1nn[nH]n1.c1nn[nH]n1. The number of nitrogens with one attached hydrogen (secondary N) is 6. The summed E-state index contributed by atoms with van der Waals surface area (Å²) in [6.45, 7) is 9.11. The average Bonchev–Trinajstić information content (AvgIpc) is 3.37. The van der Waals surface area contributed by atoms with E-state index in [1.165, 1.54) is 12.7 Å². The second-order valence-corrected chi connectivity index (χ2v) is 4.12. The Morgan fingerprint density at radius 3 is 0.909 bits per heavy atom. The number of aromatic amines is 2. The van der Waals surface area contributed by atoms with Crippen molar-refractivity contribution >= 4 is 0 Å². The number of piperazine rings is 2. The summed E-state index contributed by atoms with van der Waals surface area (Å²) in [6.07, 6.45) is 2.67. The number of hydrogen-bond acceptors (Lipinski definition) is 10. The van der Waals surface area contributed by atoms with Gasteiger partial charge in [0.2, 0.25) is 0 Å². The Balaban J connectivity index is 0.000000147. The fourth-order valence-electron chi connectivity index (χ4n) is 1.47. The highest BCUT2D eigenvalue weighted by Gasteiger charge is 1.92. The van der Waals surface area contributed by atoms with Crippen molar-refractivity contribution in [3.8, 4) is 0 Å². The van der Waals surface area contributed by atoms with Gasteiger partial charge in [-0.25, -0.2) is 0 Å². The molecule has 4 rings (SSSR count). The summed E-state index contributed by atoms with van der Waals surface area (Å²) in [5.74, 6) is 0. The summed E-state index contributed by atoms with van der Waals surface area (Å²) in [6, 6.07) is 0. The summed E-state index contributed by atoms with van der Waals surface area (Å²) in [5.41, 5.74) is 0. The van der Waals surface area contributed by atoms with E-state index >= 15 is 0 Å². The highest BCUT2D eigenvalue weighted by molar-refractivity contribution is 4.59. The number of H-pyrrole nitrogens is 2. The van der Waals surface area contributed by atoms with Crippen molar-refractivity contribution in [2.75, 3.05) is 52.4 Å². The van der Waals surface area contributed by atoms with Gasteiger partial charge < -0.3 is 21.3 Å². The lowest BCUT2D eigenvalue weighted by atomic mass is 10.4. The lowest BCUT2D eigenvalue weighted by Gasteiger charge is -2.11. The molecule has 22 heavy (non-hydrogen) atoms. The van der Waals surface area contributed by atoms with Gasteiger partial charge in [0.1, 0.15) is 0 Å². The van der Waals surface area contributed by atoms with Gasteiger partial charge in [0.05, 0.1) is 0 Å². The minimum atomic E-state index is 1.14. The molecule has 12 heteroatoms. The zero-order valence-corrected chi connectivity index (χ0v) is 12.5. The summed E-state index contributed by atoms with van der Waals surface area (Å²) in [4.78, 5) is 0. The van der Waals surface area contributed by atoms with Crippen LogP contribution in [0.25, 0.3) is 0 Å². The lowest BCUT2D eigenvalue weighted by molar-refractivity contribution is 0.534. The smallest absolute Gasteiger partial charge is 0.161 e. The van der Waals surface area contributed by atoms with E-state index in [0.29, 0.717) is 0 Å². The minimum absolute atomic E-state index is 1.14. The van der Waals surface area contributed by atoms with E-state index in [9.17, 15) is 0 Å². The molecular formula is C10H24N12.